The van der Waals surface area contributed by atoms with Crippen LogP contribution < -0.4 is 5.73 Å². The van der Waals surface area contributed by atoms with Gasteiger partial charge in [0.25, 0.3) is 0 Å². The molecule has 0 bridgehead atoms. The van der Waals surface area contributed by atoms with E-state index in [1.54, 1.807) is 13.4 Å². The fourth-order valence-corrected chi connectivity index (χ4v) is 1.93. The predicted octanol–water partition coefficient (Wildman–Crippen LogP) is 1.64. The molecule has 92 valence electrons. The van der Waals surface area contributed by atoms with Crippen LogP contribution in [-0.2, 0) is 4.74 Å². The third-order valence-electron chi connectivity index (χ3n) is 2.67. The van der Waals surface area contributed by atoms with Crippen LogP contribution in [0.15, 0.2) is 22.8 Å². The zero-order valence-corrected chi connectivity index (χ0v) is 10.3. The number of likely N-dealkylation sites (N-methyl/N-ethyl adjacent to an activating group) is 1. The molecule has 4 nitrogen and oxygen atoms in total. The molecule has 1 aromatic rings. The highest BCUT2D eigenvalue weighted by molar-refractivity contribution is 5.07. The van der Waals surface area contributed by atoms with Gasteiger partial charge in [0.2, 0.25) is 0 Å². The molecular formula is C12H22N2O2. The van der Waals surface area contributed by atoms with Crippen molar-refractivity contribution in [2.75, 3.05) is 27.3 Å². The van der Waals surface area contributed by atoms with E-state index in [9.17, 15) is 0 Å². The Morgan fingerprint density at radius 1 is 1.56 bits per heavy atom. The minimum atomic E-state index is 0.0405. The lowest BCUT2D eigenvalue weighted by molar-refractivity contribution is 0.149. The summed E-state index contributed by atoms with van der Waals surface area (Å²) < 4.78 is 10.5. The molecule has 0 fully saturated rings. The van der Waals surface area contributed by atoms with E-state index in [2.05, 4.69) is 11.9 Å². The maximum atomic E-state index is 6.00. The van der Waals surface area contributed by atoms with Gasteiger partial charge < -0.3 is 14.9 Å². The van der Waals surface area contributed by atoms with Crippen LogP contribution in [0.4, 0.5) is 0 Å². The standard InChI is InChI=1S/C12H22N2O2/c1-10(13)12(11-6-4-9-16-11)14(2)7-5-8-15-3/h4,6,9-10,12H,5,7-8,13H2,1-3H3. The molecule has 0 aliphatic heterocycles. The van der Waals surface area contributed by atoms with E-state index in [-0.39, 0.29) is 12.1 Å². The van der Waals surface area contributed by atoms with Gasteiger partial charge in [-0.1, -0.05) is 0 Å². The Hall–Kier alpha value is -0.840. The van der Waals surface area contributed by atoms with Crippen LogP contribution in [0.1, 0.15) is 25.1 Å². The predicted molar refractivity (Wildman–Crippen MR) is 64.2 cm³/mol. The highest BCUT2D eigenvalue weighted by Crippen LogP contribution is 2.22. The fourth-order valence-electron chi connectivity index (χ4n) is 1.93. The van der Waals surface area contributed by atoms with E-state index in [1.165, 1.54) is 0 Å². The lowest BCUT2D eigenvalue weighted by atomic mass is 10.1. The van der Waals surface area contributed by atoms with Crippen molar-refractivity contribution in [1.29, 1.82) is 0 Å². The smallest absolute Gasteiger partial charge is 0.122 e. The summed E-state index contributed by atoms with van der Waals surface area (Å²) in [6.45, 7) is 3.72. The summed E-state index contributed by atoms with van der Waals surface area (Å²) in [5.41, 5.74) is 6.00. The summed E-state index contributed by atoms with van der Waals surface area (Å²) in [7, 11) is 3.78. The Balaban J connectivity index is 2.56. The number of nitrogens with zero attached hydrogens (tertiary/aromatic N) is 1. The van der Waals surface area contributed by atoms with Crippen LogP contribution in [0.25, 0.3) is 0 Å². The molecule has 1 aromatic heterocycles. The van der Waals surface area contributed by atoms with Gasteiger partial charge in [-0.05, 0) is 32.5 Å². The van der Waals surface area contributed by atoms with Crippen LogP contribution in [0, 0.1) is 0 Å². The van der Waals surface area contributed by atoms with Crippen LogP contribution in [0.2, 0.25) is 0 Å². The molecule has 1 rings (SSSR count). The summed E-state index contributed by atoms with van der Waals surface area (Å²) in [6, 6.07) is 4.04. The summed E-state index contributed by atoms with van der Waals surface area (Å²) in [5.74, 6) is 0.926. The van der Waals surface area contributed by atoms with Crippen LogP contribution in [0.5, 0.6) is 0 Å². The largest absolute Gasteiger partial charge is 0.468 e. The molecular weight excluding hydrogens is 204 g/mol. The number of ether oxygens (including phenoxy) is 1. The molecule has 2 unspecified atom stereocenters. The first-order valence-corrected chi connectivity index (χ1v) is 5.65. The highest BCUT2D eigenvalue weighted by atomic mass is 16.5. The van der Waals surface area contributed by atoms with Crippen molar-refractivity contribution in [2.24, 2.45) is 5.73 Å². The normalized spacial score (nSPS) is 15.3. The third kappa shape index (κ3) is 3.63. The second kappa shape index (κ2) is 6.68. The molecule has 2 atom stereocenters. The third-order valence-corrected chi connectivity index (χ3v) is 2.67. The van der Waals surface area contributed by atoms with Crippen molar-refractivity contribution in [3.63, 3.8) is 0 Å². The number of rotatable bonds is 7. The van der Waals surface area contributed by atoms with Gasteiger partial charge in [0.05, 0.1) is 12.3 Å². The lowest BCUT2D eigenvalue weighted by Crippen LogP contribution is -2.37. The molecule has 0 aliphatic rings. The maximum absolute atomic E-state index is 6.00. The second-order valence-electron chi connectivity index (χ2n) is 4.15. The Morgan fingerprint density at radius 3 is 2.81 bits per heavy atom. The molecule has 0 radical (unpaired) electrons. The van der Waals surface area contributed by atoms with Gasteiger partial charge in [-0.25, -0.2) is 0 Å². The number of hydrogen-bond donors (Lipinski definition) is 1. The van der Waals surface area contributed by atoms with Gasteiger partial charge in [-0.15, -0.1) is 0 Å². The first-order chi connectivity index (χ1) is 7.66. The van der Waals surface area contributed by atoms with Crippen LogP contribution in [-0.4, -0.2) is 38.3 Å². The highest BCUT2D eigenvalue weighted by Gasteiger charge is 2.23. The Kier molecular flexibility index (Phi) is 5.52. The van der Waals surface area contributed by atoms with Gasteiger partial charge in [0, 0.05) is 26.3 Å². The second-order valence-corrected chi connectivity index (χ2v) is 4.15. The van der Waals surface area contributed by atoms with Crippen LogP contribution in [0.3, 0.4) is 0 Å². The minimum absolute atomic E-state index is 0.0405. The van der Waals surface area contributed by atoms with E-state index in [1.807, 2.05) is 19.1 Å². The van der Waals surface area contributed by atoms with Crippen molar-refractivity contribution in [3.8, 4) is 0 Å². The van der Waals surface area contributed by atoms with Gasteiger partial charge in [0.15, 0.2) is 0 Å². The van der Waals surface area contributed by atoms with E-state index in [0.717, 1.165) is 25.3 Å². The van der Waals surface area contributed by atoms with Crippen molar-refractivity contribution in [1.82, 2.24) is 4.90 Å². The molecule has 0 spiro atoms. The molecule has 0 amide bonds. The van der Waals surface area contributed by atoms with E-state index in [0.29, 0.717) is 0 Å². The van der Waals surface area contributed by atoms with Crippen LogP contribution >= 0.6 is 0 Å². The monoisotopic (exact) mass is 226 g/mol. The molecule has 4 heteroatoms. The summed E-state index contributed by atoms with van der Waals surface area (Å²) in [4.78, 5) is 2.21. The number of hydrogen-bond acceptors (Lipinski definition) is 4. The summed E-state index contributed by atoms with van der Waals surface area (Å²) >= 11 is 0. The van der Waals surface area contributed by atoms with Crippen molar-refractivity contribution >= 4 is 0 Å². The topological polar surface area (TPSA) is 51.6 Å². The van der Waals surface area contributed by atoms with Gasteiger partial charge in [-0.3, -0.25) is 4.90 Å². The van der Waals surface area contributed by atoms with E-state index >= 15 is 0 Å². The Labute approximate surface area is 97.4 Å². The number of methoxy groups -OCH3 is 1. The average molecular weight is 226 g/mol. The molecule has 0 aliphatic carbocycles. The lowest BCUT2D eigenvalue weighted by Gasteiger charge is -2.29. The zero-order valence-electron chi connectivity index (χ0n) is 10.3. The Bertz CT molecular complexity index is 273. The van der Waals surface area contributed by atoms with Gasteiger partial charge >= 0.3 is 0 Å². The molecule has 0 saturated heterocycles. The summed E-state index contributed by atoms with van der Waals surface area (Å²) in [5, 5.41) is 0. The first-order valence-electron chi connectivity index (χ1n) is 5.65. The molecule has 0 saturated carbocycles. The SMILES string of the molecule is COCCCN(C)C(c1ccco1)C(C)N. The quantitative estimate of drug-likeness (QED) is 0.718. The molecule has 2 N–H and O–H groups in total. The van der Waals surface area contributed by atoms with Gasteiger partial charge in [-0.2, -0.15) is 0 Å². The molecule has 16 heavy (non-hydrogen) atoms. The maximum Gasteiger partial charge on any atom is 0.122 e. The zero-order chi connectivity index (χ0) is 12.0. The van der Waals surface area contributed by atoms with Gasteiger partial charge in [0.1, 0.15) is 5.76 Å². The minimum Gasteiger partial charge on any atom is -0.468 e. The molecule has 1 heterocycles. The Morgan fingerprint density at radius 2 is 2.31 bits per heavy atom. The van der Waals surface area contributed by atoms with E-state index < -0.39 is 0 Å². The number of nitrogens with two attached hydrogens (primary N) is 1. The fraction of sp³-hybridized carbons (Fsp3) is 0.667. The van der Waals surface area contributed by atoms with Crippen molar-refractivity contribution in [3.05, 3.63) is 24.2 Å². The van der Waals surface area contributed by atoms with E-state index in [4.69, 9.17) is 14.9 Å². The van der Waals surface area contributed by atoms with Crippen molar-refractivity contribution in [2.45, 2.75) is 25.4 Å². The molecule has 0 aromatic carbocycles. The number of furan rings is 1. The first kappa shape index (κ1) is 13.2. The van der Waals surface area contributed by atoms with Crippen molar-refractivity contribution < 1.29 is 9.15 Å². The summed E-state index contributed by atoms with van der Waals surface area (Å²) in [6.07, 6.45) is 2.69. The average Bonchev–Trinajstić information content (AvgIpc) is 2.71.